The second-order valence-corrected chi connectivity index (χ2v) is 4.28. The summed E-state index contributed by atoms with van der Waals surface area (Å²) >= 11 is 5.71. The van der Waals surface area contributed by atoms with Gasteiger partial charge in [-0.3, -0.25) is 0 Å². The zero-order chi connectivity index (χ0) is 10.4. The Morgan fingerprint density at radius 2 is 2.21 bits per heavy atom. The van der Waals surface area contributed by atoms with E-state index in [-0.39, 0.29) is 0 Å². The van der Waals surface area contributed by atoms with Crippen LogP contribution in [-0.4, -0.2) is 39.5 Å². The first-order valence-corrected chi connectivity index (χ1v) is 6.05. The van der Waals surface area contributed by atoms with Crippen LogP contribution in [0.5, 0.6) is 0 Å². The van der Waals surface area contributed by atoms with E-state index >= 15 is 0 Å². The van der Waals surface area contributed by atoms with E-state index in [0.29, 0.717) is 6.61 Å². The summed E-state index contributed by atoms with van der Waals surface area (Å²) in [5, 5.41) is 8.95. The largest absolute Gasteiger partial charge is 0.380 e. The molecule has 1 aromatic heterocycles. The van der Waals surface area contributed by atoms with Crippen LogP contribution in [0.4, 0.5) is 0 Å². The third-order valence-electron chi connectivity index (χ3n) is 1.75. The van der Waals surface area contributed by atoms with Crippen LogP contribution in [0.2, 0.25) is 0 Å². The van der Waals surface area contributed by atoms with E-state index in [0.717, 1.165) is 29.1 Å². The number of aryl methyl sites for hydroxylation is 1. The van der Waals surface area contributed by atoms with Crippen LogP contribution in [0, 0.1) is 6.92 Å². The summed E-state index contributed by atoms with van der Waals surface area (Å²) < 4.78 is 7.27. The first-order valence-electron chi connectivity index (χ1n) is 4.43. The fourth-order valence-corrected chi connectivity index (χ4v) is 1.81. The second-order valence-electron chi connectivity index (χ2n) is 2.77. The summed E-state index contributed by atoms with van der Waals surface area (Å²) in [5.41, 5.74) is 0. The fraction of sp³-hybridized carbons (Fsp3) is 0.750. The van der Waals surface area contributed by atoms with Crippen LogP contribution in [-0.2, 0) is 11.8 Å². The number of thiol groups is 1. The van der Waals surface area contributed by atoms with Crippen molar-refractivity contribution < 1.29 is 4.74 Å². The van der Waals surface area contributed by atoms with Gasteiger partial charge in [-0.15, -0.1) is 10.2 Å². The van der Waals surface area contributed by atoms with E-state index in [9.17, 15) is 0 Å². The molecule has 1 heterocycles. The lowest BCUT2D eigenvalue weighted by Crippen LogP contribution is -2.01. The van der Waals surface area contributed by atoms with Gasteiger partial charge in [0.1, 0.15) is 5.82 Å². The Bertz CT molecular complexity index is 278. The van der Waals surface area contributed by atoms with Crippen molar-refractivity contribution in [2.75, 3.05) is 24.7 Å². The molecule has 0 aliphatic carbocycles. The first kappa shape index (κ1) is 11.9. The molecule has 0 unspecified atom stereocenters. The van der Waals surface area contributed by atoms with Gasteiger partial charge < -0.3 is 9.30 Å². The number of hydrogen-bond acceptors (Lipinski definition) is 5. The minimum atomic E-state index is 0.710. The average Bonchev–Trinajstić information content (AvgIpc) is 2.49. The molecule has 0 radical (unpaired) electrons. The molecule has 0 aliphatic heterocycles. The Kier molecular flexibility index (Phi) is 5.36. The number of hydrogen-bond donors (Lipinski definition) is 1. The van der Waals surface area contributed by atoms with Gasteiger partial charge in [0.25, 0.3) is 0 Å². The number of nitrogens with zero attached hydrogens (tertiary/aromatic N) is 3. The molecule has 1 rings (SSSR count). The van der Waals surface area contributed by atoms with Crippen molar-refractivity contribution in [2.24, 2.45) is 7.05 Å². The van der Waals surface area contributed by atoms with Crippen LogP contribution in [0.15, 0.2) is 5.16 Å². The zero-order valence-corrected chi connectivity index (χ0v) is 10.1. The van der Waals surface area contributed by atoms with Crippen molar-refractivity contribution in [3.8, 4) is 0 Å². The highest BCUT2D eigenvalue weighted by Crippen LogP contribution is 2.14. The van der Waals surface area contributed by atoms with Crippen molar-refractivity contribution in [3.05, 3.63) is 5.82 Å². The van der Waals surface area contributed by atoms with E-state index < -0.39 is 0 Å². The maximum Gasteiger partial charge on any atom is 0.191 e. The zero-order valence-electron chi connectivity index (χ0n) is 8.43. The quantitative estimate of drug-likeness (QED) is 0.455. The smallest absolute Gasteiger partial charge is 0.191 e. The van der Waals surface area contributed by atoms with Crippen molar-refractivity contribution >= 4 is 24.4 Å². The lowest BCUT2D eigenvalue weighted by Gasteiger charge is -2.02. The molecule has 0 fully saturated rings. The summed E-state index contributed by atoms with van der Waals surface area (Å²) in [6.45, 7) is 3.38. The van der Waals surface area contributed by atoms with Gasteiger partial charge in [-0.25, -0.2) is 0 Å². The molecule has 1 aromatic rings. The highest BCUT2D eigenvalue weighted by atomic mass is 32.2. The average molecular weight is 233 g/mol. The second kappa shape index (κ2) is 6.31. The maximum atomic E-state index is 5.30. The van der Waals surface area contributed by atoms with Gasteiger partial charge in [0.15, 0.2) is 5.16 Å². The Hall–Kier alpha value is -0.200. The van der Waals surface area contributed by atoms with Crippen molar-refractivity contribution in [1.29, 1.82) is 0 Å². The molecule has 0 amide bonds. The predicted molar refractivity (Wildman–Crippen MR) is 61.1 cm³/mol. The van der Waals surface area contributed by atoms with Gasteiger partial charge in [-0.05, 0) is 6.92 Å². The predicted octanol–water partition coefficient (Wildman–Crippen LogP) is 1.16. The standard InChI is InChI=1S/C8H15N3OS2/c1-7-9-10-8(11(7)2)14-6-4-12-3-5-13/h13H,3-6H2,1-2H3. The molecule has 0 N–H and O–H groups in total. The first-order chi connectivity index (χ1) is 6.75. The highest BCUT2D eigenvalue weighted by Gasteiger charge is 2.04. The summed E-state index contributed by atoms with van der Waals surface area (Å²) in [6, 6.07) is 0. The molecule has 80 valence electrons. The molecule has 6 heteroatoms. The van der Waals surface area contributed by atoms with Crippen LogP contribution < -0.4 is 0 Å². The van der Waals surface area contributed by atoms with Gasteiger partial charge in [-0.2, -0.15) is 12.6 Å². The lowest BCUT2D eigenvalue weighted by atomic mass is 10.7. The van der Waals surface area contributed by atoms with E-state index in [1.807, 2.05) is 18.5 Å². The normalized spacial score (nSPS) is 10.8. The van der Waals surface area contributed by atoms with E-state index in [4.69, 9.17) is 4.74 Å². The van der Waals surface area contributed by atoms with E-state index in [1.54, 1.807) is 11.8 Å². The van der Waals surface area contributed by atoms with Gasteiger partial charge >= 0.3 is 0 Å². The van der Waals surface area contributed by atoms with E-state index in [2.05, 4.69) is 22.8 Å². The molecular formula is C8H15N3OS2. The summed E-state index contributed by atoms with van der Waals surface area (Å²) in [7, 11) is 1.96. The number of aromatic nitrogens is 3. The number of thioether (sulfide) groups is 1. The minimum Gasteiger partial charge on any atom is -0.380 e. The van der Waals surface area contributed by atoms with Crippen LogP contribution >= 0.6 is 24.4 Å². The number of ether oxygens (including phenoxy) is 1. The third kappa shape index (κ3) is 3.51. The van der Waals surface area contributed by atoms with Gasteiger partial charge in [-0.1, -0.05) is 11.8 Å². The summed E-state index contributed by atoms with van der Waals surface area (Å²) in [4.78, 5) is 0. The molecule has 0 atom stereocenters. The monoisotopic (exact) mass is 233 g/mol. The third-order valence-corrected chi connectivity index (χ3v) is 2.91. The van der Waals surface area contributed by atoms with Gasteiger partial charge in [0.2, 0.25) is 0 Å². The van der Waals surface area contributed by atoms with Crippen molar-refractivity contribution in [1.82, 2.24) is 14.8 Å². The molecule has 0 bridgehead atoms. The molecular weight excluding hydrogens is 218 g/mol. The Labute approximate surface area is 93.8 Å². The van der Waals surface area contributed by atoms with Crippen LogP contribution in [0.3, 0.4) is 0 Å². The summed E-state index contributed by atoms with van der Waals surface area (Å²) in [6.07, 6.45) is 0. The van der Waals surface area contributed by atoms with Crippen LogP contribution in [0.25, 0.3) is 0 Å². The van der Waals surface area contributed by atoms with Crippen molar-refractivity contribution in [3.63, 3.8) is 0 Å². The molecule has 0 aromatic carbocycles. The lowest BCUT2D eigenvalue weighted by molar-refractivity contribution is 0.167. The van der Waals surface area contributed by atoms with Gasteiger partial charge in [0, 0.05) is 18.6 Å². The van der Waals surface area contributed by atoms with Crippen molar-refractivity contribution in [2.45, 2.75) is 12.1 Å². The Morgan fingerprint density at radius 1 is 1.43 bits per heavy atom. The molecule has 0 saturated carbocycles. The fourth-order valence-electron chi connectivity index (χ4n) is 0.872. The Balaban J connectivity index is 2.21. The highest BCUT2D eigenvalue weighted by molar-refractivity contribution is 7.99. The molecule has 0 spiro atoms. The molecule has 14 heavy (non-hydrogen) atoms. The Morgan fingerprint density at radius 3 is 2.79 bits per heavy atom. The number of rotatable bonds is 6. The molecule has 4 nitrogen and oxygen atoms in total. The molecule has 0 saturated heterocycles. The minimum absolute atomic E-state index is 0.710. The van der Waals surface area contributed by atoms with Gasteiger partial charge in [0.05, 0.1) is 13.2 Å². The maximum absolute atomic E-state index is 5.30. The van der Waals surface area contributed by atoms with E-state index in [1.165, 1.54) is 0 Å². The SMILES string of the molecule is Cc1nnc(SCCOCCS)n1C. The molecule has 0 aliphatic rings. The summed E-state index contributed by atoms with van der Waals surface area (Å²) in [5.74, 6) is 2.61. The topological polar surface area (TPSA) is 39.9 Å². The van der Waals surface area contributed by atoms with Crippen LogP contribution in [0.1, 0.15) is 5.82 Å².